The summed E-state index contributed by atoms with van der Waals surface area (Å²) < 4.78 is 12.4. The van der Waals surface area contributed by atoms with Gasteiger partial charge < -0.3 is 19.1 Å². The van der Waals surface area contributed by atoms with Crippen molar-refractivity contribution >= 4 is 5.97 Å². The molecule has 6 nitrogen and oxygen atoms in total. The topological polar surface area (TPSA) is 73.6 Å². The minimum atomic E-state index is -0.997. The number of rotatable bonds is 6. The number of methoxy groups -OCH3 is 1. The van der Waals surface area contributed by atoms with Crippen LogP contribution in [0.4, 0.5) is 0 Å². The monoisotopic (exact) mass is 276 g/mol. The van der Waals surface area contributed by atoms with Crippen molar-refractivity contribution < 1.29 is 19.4 Å². The van der Waals surface area contributed by atoms with Crippen molar-refractivity contribution in [3.8, 4) is 11.5 Å². The van der Waals surface area contributed by atoms with Crippen LogP contribution in [0.5, 0.6) is 11.5 Å². The van der Waals surface area contributed by atoms with Gasteiger partial charge in [-0.1, -0.05) is 12.1 Å². The first-order valence-corrected chi connectivity index (χ1v) is 6.14. The molecule has 0 saturated heterocycles. The number of nitrogens with zero attached hydrogens (tertiary/aromatic N) is 2. The highest BCUT2D eigenvalue weighted by molar-refractivity contribution is 5.85. The van der Waals surface area contributed by atoms with Crippen molar-refractivity contribution in [2.24, 2.45) is 0 Å². The number of imidazole rings is 1. The largest absolute Gasteiger partial charge is 0.493 e. The molecule has 0 aliphatic carbocycles. The van der Waals surface area contributed by atoms with Crippen molar-refractivity contribution in [2.75, 3.05) is 13.7 Å². The van der Waals surface area contributed by atoms with Gasteiger partial charge in [0, 0.05) is 0 Å². The average Bonchev–Trinajstić information content (AvgIpc) is 2.81. The number of aryl methyl sites for hydroxylation is 1. The van der Waals surface area contributed by atoms with E-state index in [0.29, 0.717) is 30.5 Å². The van der Waals surface area contributed by atoms with Gasteiger partial charge in [-0.2, -0.15) is 0 Å². The minimum absolute atomic E-state index is 0.158. The molecular formula is C14H16N2O4. The molecule has 2 rings (SSSR count). The van der Waals surface area contributed by atoms with Gasteiger partial charge in [0.2, 0.25) is 0 Å². The van der Waals surface area contributed by atoms with E-state index in [4.69, 9.17) is 14.6 Å². The van der Waals surface area contributed by atoms with Gasteiger partial charge in [-0.25, -0.2) is 9.78 Å². The Kier molecular flexibility index (Phi) is 4.24. The number of hydrogen-bond acceptors (Lipinski definition) is 4. The Morgan fingerprint density at radius 3 is 2.70 bits per heavy atom. The number of carboxylic acids is 1. The summed E-state index contributed by atoms with van der Waals surface area (Å²) in [5, 5.41) is 9.06. The van der Waals surface area contributed by atoms with Crippen molar-refractivity contribution in [2.45, 2.75) is 13.5 Å². The van der Waals surface area contributed by atoms with Crippen LogP contribution in [0.25, 0.3) is 0 Å². The van der Waals surface area contributed by atoms with Crippen LogP contribution in [0, 0.1) is 6.92 Å². The Morgan fingerprint density at radius 1 is 1.35 bits per heavy atom. The van der Waals surface area contributed by atoms with E-state index in [1.165, 1.54) is 6.20 Å². The summed E-state index contributed by atoms with van der Waals surface area (Å²) in [5.74, 6) is 0.923. The molecule has 0 amide bonds. The zero-order valence-corrected chi connectivity index (χ0v) is 11.4. The van der Waals surface area contributed by atoms with Crippen molar-refractivity contribution in [3.05, 3.63) is 42.0 Å². The summed E-state index contributed by atoms with van der Waals surface area (Å²) in [6, 6.07) is 7.31. The van der Waals surface area contributed by atoms with Crippen LogP contribution in [-0.2, 0) is 6.54 Å². The maximum Gasteiger partial charge on any atom is 0.354 e. The Morgan fingerprint density at radius 2 is 2.05 bits per heavy atom. The van der Waals surface area contributed by atoms with Crippen molar-refractivity contribution in [1.82, 2.24) is 9.55 Å². The molecule has 0 spiro atoms. The summed E-state index contributed by atoms with van der Waals surface area (Å²) in [6.45, 7) is 2.50. The molecule has 0 fully saturated rings. The van der Waals surface area contributed by atoms with E-state index >= 15 is 0 Å². The van der Waals surface area contributed by atoms with Crippen molar-refractivity contribution in [3.63, 3.8) is 0 Å². The van der Waals surface area contributed by atoms with Crippen LogP contribution in [0.1, 0.15) is 16.3 Å². The van der Waals surface area contributed by atoms with E-state index in [0.717, 1.165) is 0 Å². The molecule has 6 heteroatoms. The van der Waals surface area contributed by atoms with Crippen LogP contribution >= 0.6 is 0 Å². The van der Waals surface area contributed by atoms with Crippen molar-refractivity contribution in [1.29, 1.82) is 0 Å². The van der Waals surface area contributed by atoms with Crippen LogP contribution < -0.4 is 9.47 Å². The number of para-hydroxylation sites is 2. The van der Waals surface area contributed by atoms with Gasteiger partial charge in [-0.15, -0.1) is 0 Å². The van der Waals surface area contributed by atoms with Crippen LogP contribution in [0.3, 0.4) is 0 Å². The minimum Gasteiger partial charge on any atom is -0.493 e. The fourth-order valence-corrected chi connectivity index (χ4v) is 1.91. The second-order valence-electron chi connectivity index (χ2n) is 4.15. The third kappa shape index (κ3) is 2.90. The van der Waals surface area contributed by atoms with Gasteiger partial charge >= 0.3 is 5.97 Å². The van der Waals surface area contributed by atoms with E-state index in [1.54, 1.807) is 30.7 Å². The SMILES string of the molecule is COc1ccccc1OCCn1c(C(=O)O)cnc1C. The predicted octanol–water partition coefficient (Wildman–Crippen LogP) is 1.98. The molecular weight excluding hydrogens is 260 g/mol. The van der Waals surface area contributed by atoms with Gasteiger partial charge in [-0.3, -0.25) is 0 Å². The Hall–Kier alpha value is -2.50. The highest BCUT2D eigenvalue weighted by atomic mass is 16.5. The lowest BCUT2D eigenvalue weighted by Gasteiger charge is -2.12. The lowest BCUT2D eigenvalue weighted by molar-refractivity contribution is 0.0683. The predicted molar refractivity (Wildman–Crippen MR) is 72.4 cm³/mol. The average molecular weight is 276 g/mol. The van der Waals surface area contributed by atoms with E-state index < -0.39 is 5.97 Å². The molecule has 106 valence electrons. The maximum atomic E-state index is 11.0. The highest BCUT2D eigenvalue weighted by Crippen LogP contribution is 2.25. The smallest absolute Gasteiger partial charge is 0.354 e. The normalized spacial score (nSPS) is 10.3. The number of hydrogen-bond donors (Lipinski definition) is 1. The molecule has 0 aliphatic rings. The third-order valence-corrected chi connectivity index (χ3v) is 2.92. The Labute approximate surface area is 116 Å². The molecule has 0 radical (unpaired) electrons. The second kappa shape index (κ2) is 6.10. The molecule has 1 N–H and O–H groups in total. The molecule has 1 aromatic heterocycles. The highest BCUT2D eigenvalue weighted by Gasteiger charge is 2.13. The quantitative estimate of drug-likeness (QED) is 0.873. The summed E-state index contributed by atoms with van der Waals surface area (Å²) in [4.78, 5) is 15.0. The van der Waals surface area contributed by atoms with E-state index in [-0.39, 0.29) is 5.69 Å². The van der Waals surface area contributed by atoms with Gasteiger partial charge in [0.25, 0.3) is 0 Å². The summed E-state index contributed by atoms with van der Waals surface area (Å²) in [6.07, 6.45) is 1.35. The number of aromatic nitrogens is 2. The van der Waals surface area contributed by atoms with Gasteiger partial charge in [-0.05, 0) is 19.1 Å². The lowest BCUT2D eigenvalue weighted by Crippen LogP contribution is -2.15. The first-order valence-electron chi connectivity index (χ1n) is 6.14. The molecule has 0 unspecified atom stereocenters. The number of carboxylic acid groups (broad SMARTS) is 1. The molecule has 1 aromatic carbocycles. The molecule has 0 aliphatic heterocycles. The van der Waals surface area contributed by atoms with E-state index in [1.807, 2.05) is 12.1 Å². The number of ether oxygens (including phenoxy) is 2. The summed E-state index contributed by atoms with van der Waals surface area (Å²) in [7, 11) is 1.57. The van der Waals surface area contributed by atoms with Gasteiger partial charge in [0.1, 0.15) is 18.1 Å². The zero-order chi connectivity index (χ0) is 14.5. The summed E-state index contributed by atoms with van der Waals surface area (Å²) >= 11 is 0. The standard InChI is InChI=1S/C14H16N2O4/c1-10-15-9-11(14(17)18)16(10)7-8-20-13-6-4-3-5-12(13)19-2/h3-6,9H,7-8H2,1-2H3,(H,17,18). The Balaban J connectivity index is 2.03. The Bertz CT molecular complexity index is 607. The first kappa shape index (κ1) is 13.9. The lowest BCUT2D eigenvalue weighted by atomic mass is 10.3. The van der Waals surface area contributed by atoms with Crippen LogP contribution in [0.2, 0.25) is 0 Å². The molecule has 2 aromatic rings. The molecule has 0 saturated carbocycles. The number of aromatic carboxylic acids is 1. The number of carbonyl (C=O) groups is 1. The van der Waals surface area contributed by atoms with E-state index in [9.17, 15) is 4.79 Å². The fraction of sp³-hybridized carbons (Fsp3) is 0.286. The van der Waals surface area contributed by atoms with Crippen LogP contribution in [0.15, 0.2) is 30.5 Å². The third-order valence-electron chi connectivity index (χ3n) is 2.92. The molecule has 0 bridgehead atoms. The molecule has 1 heterocycles. The van der Waals surface area contributed by atoms with Gasteiger partial charge in [0.05, 0.1) is 19.9 Å². The van der Waals surface area contributed by atoms with Crippen LogP contribution in [-0.4, -0.2) is 34.3 Å². The first-order chi connectivity index (χ1) is 9.63. The summed E-state index contributed by atoms with van der Waals surface area (Å²) in [5.41, 5.74) is 0.158. The number of benzene rings is 1. The second-order valence-corrected chi connectivity index (χ2v) is 4.15. The maximum absolute atomic E-state index is 11.0. The molecule has 20 heavy (non-hydrogen) atoms. The molecule has 0 atom stereocenters. The zero-order valence-electron chi connectivity index (χ0n) is 11.4. The van der Waals surface area contributed by atoms with E-state index in [2.05, 4.69) is 4.98 Å². The van der Waals surface area contributed by atoms with Gasteiger partial charge in [0.15, 0.2) is 11.5 Å². The fourth-order valence-electron chi connectivity index (χ4n) is 1.91.